The van der Waals surface area contributed by atoms with Gasteiger partial charge in [-0.1, -0.05) is 40.0 Å². The molecule has 2 aliphatic rings. The summed E-state index contributed by atoms with van der Waals surface area (Å²) in [5.41, 5.74) is 0.375. The van der Waals surface area contributed by atoms with E-state index < -0.39 is 0 Å². The molecule has 1 saturated carbocycles. The van der Waals surface area contributed by atoms with Crippen molar-refractivity contribution in [1.29, 1.82) is 0 Å². The van der Waals surface area contributed by atoms with Crippen LogP contribution in [-0.4, -0.2) is 36.1 Å². The van der Waals surface area contributed by atoms with Gasteiger partial charge in [0.2, 0.25) is 0 Å². The Morgan fingerprint density at radius 3 is 2.50 bits per heavy atom. The fraction of sp³-hybridized carbons (Fsp3) is 1.00. The second-order valence-electron chi connectivity index (χ2n) is 7.86. The Morgan fingerprint density at radius 1 is 1.20 bits per heavy atom. The average molecular weight is 280 g/mol. The minimum atomic E-state index is 0.375. The average Bonchev–Trinajstić information content (AvgIpc) is 2.47. The van der Waals surface area contributed by atoms with Gasteiger partial charge in [0.05, 0.1) is 0 Å². The van der Waals surface area contributed by atoms with Gasteiger partial charge < -0.3 is 5.32 Å². The summed E-state index contributed by atoms with van der Waals surface area (Å²) in [4.78, 5) is 2.81. The molecular weight excluding hydrogens is 244 g/mol. The summed E-state index contributed by atoms with van der Waals surface area (Å²) in [7, 11) is 0. The Labute approximate surface area is 126 Å². The van der Waals surface area contributed by atoms with Crippen molar-refractivity contribution in [3.8, 4) is 0 Å². The lowest BCUT2D eigenvalue weighted by Gasteiger charge is -2.50. The van der Waals surface area contributed by atoms with Gasteiger partial charge in [0.1, 0.15) is 0 Å². The van der Waals surface area contributed by atoms with Gasteiger partial charge in [0.25, 0.3) is 0 Å². The summed E-state index contributed by atoms with van der Waals surface area (Å²) in [5.74, 6) is 1.76. The standard InChI is InChI=1S/C18H36N2/c1-5-18(4)14-19-17(16-9-7-6-8-10-16)13-20(18)12-11-15(2)3/h15-17,19H,5-14H2,1-4H3. The molecule has 1 saturated heterocycles. The first kappa shape index (κ1) is 16.3. The van der Waals surface area contributed by atoms with Gasteiger partial charge in [-0.15, -0.1) is 0 Å². The van der Waals surface area contributed by atoms with Crippen LogP contribution >= 0.6 is 0 Å². The molecule has 1 aliphatic carbocycles. The molecule has 2 atom stereocenters. The molecular formula is C18H36N2. The molecule has 20 heavy (non-hydrogen) atoms. The van der Waals surface area contributed by atoms with Crippen molar-refractivity contribution in [1.82, 2.24) is 10.2 Å². The molecule has 0 bridgehead atoms. The SMILES string of the molecule is CCC1(C)CNC(C2CCCCC2)CN1CCC(C)C. The van der Waals surface area contributed by atoms with Gasteiger partial charge in [0, 0.05) is 24.7 Å². The Kier molecular flexibility index (Phi) is 5.92. The van der Waals surface area contributed by atoms with E-state index in [4.69, 9.17) is 0 Å². The quantitative estimate of drug-likeness (QED) is 0.817. The normalized spacial score (nSPS) is 33.8. The fourth-order valence-corrected chi connectivity index (χ4v) is 3.96. The largest absolute Gasteiger partial charge is 0.311 e. The van der Waals surface area contributed by atoms with Crippen molar-refractivity contribution in [2.45, 2.75) is 84.2 Å². The summed E-state index contributed by atoms with van der Waals surface area (Å²) >= 11 is 0. The summed E-state index contributed by atoms with van der Waals surface area (Å²) in [6.45, 7) is 13.3. The third-order valence-corrected chi connectivity index (χ3v) is 5.88. The topological polar surface area (TPSA) is 15.3 Å². The van der Waals surface area contributed by atoms with Gasteiger partial charge >= 0.3 is 0 Å². The molecule has 1 N–H and O–H groups in total. The molecule has 0 spiro atoms. The van der Waals surface area contributed by atoms with Crippen molar-refractivity contribution >= 4 is 0 Å². The molecule has 0 amide bonds. The van der Waals surface area contributed by atoms with Crippen molar-refractivity contribution in [3.05, 3.63) is 0 Å². The lowest BCUT2D eigenvalue weighted by Crippen LogP contribution is -2.64. The van der Waals surface area contributed by atoms with E-state index >= 15 is 0 Å². The number of nitrogens with one attached hydrogen (secondary N) is 1. The number of hydrogen-bond acceptors (Lipinski definition) is 2. The monoisotopic (exact) mass is 280 g/mol. The Bertz CT molecular complexity index is 283. The van der Waals surface area contributed by atoms with Gasteiger partial charge in [-0.2, -0.15) is 0 Å². The van der Waals surface area contributed by atoms with Crippen LogP contribution in [0.25, 0.3) is 0 Å². The summed E-state index contributed by atoms with van der Waals surface area (Å²) in [6.07, 6.45) is 9.90. The molecule has 1 heterocycles. The zero-order valence-corrected chi connectivity index (χ0v) is 14.3. The van der Waals surface area contributed by atoms with E-state index in [1.165, 1.54) is 64.6 Å². The van der Waals surface area contributed by atoms with Crippen molar-refractivity contribution in [2.75, 3.05) is 19.6 Å². The van der Waals surface area contributed by atoms with Crippen molar-refractivity contribution in [2.24, 2.45) is 11.8 Å². The van der Waals surface area contributed by atoms with Crippen LogP contribution in [0.5, 0.6) is 0 Å². The summed E-state index contributed by atoms with van der Waals surface area (Å²) in [6, 6.07) is 0.752. The highest BCUT2D eigenvalue weighted by Crippen LogP contribution is 2.31. The van der Waals surface area contributed by atoms with Gasteiger partial charge in [0.15, 0.2) is 0 Å². The Balaban J connectivity index is 1.95. The second kappa shape index (κ2) is 7.26. The molecule has 0 aromatic heterocycles. The Hall–Kier alpha value is -0.0800. The lowest BCUT2D eigenvalue weighted by atomic mass is 9.80. The van der Waals surface area contributed by atoms with E-state index in [0.717, 1.165) is 17.9 Å². The molecule has 2 fully saturated rings. The number of rotatable bonds is 5. The third kappa shape index (κ3) is 3.98. The zero-order valence-electron chi connectivity index (χ0n) is 14.3. The first-order valence-electron chi connectivity index (χ1n) is 9.03. The molecule has 0 aromatic carbocycles. The van der Waals surface area contributed by atoms with Gasteiger partial charge in [-0.25, -0.2) is 0 Å². The summed E-state index contributed by atoms with van der Waals surface area (Å²) < 4.78 is 0. The van der Waals surface area contributed by atoms with Crippen LogP contribution in [-0.2, 0) is 0 Å². The fourth-order valence-electron chi connectivity index (χ4n) is 3.96. The zero-order chi connectivity index (χ0) is 14.6. The van der Waals surface area contributed by atoms with Crippen LogP contribution in [0.15, 0.2) is 0 Å². The Morgan fingerprint density at radius 2 is 1.90 bits per heavy atom. The van der Waals surface area contributed by atoms with E-state index in [9.17, 15) is 0 Å². The van der Waals surface area contributed by atoms with Crippen LogP contribution < -0.4 is 5.32 Å². The predicted molar refractivity (Wildman–Crippen MR) is 88.1 cm³/mol. The van der Waals surface area contributed by atoms with E-state index in [0.29, 0.717) is 5.54 Å². The smallest absolute Gasteiger partial charge is 0.0303 e. The predicted octanol–water partition coefficient (Wildman–Crippen LogP) is 4.06. The van der Waals surface area contributed by atoms with Crippen molar-refractivity contribution in [3.63, 3.8) is 0 Å². The second-order valence-corrected chi connectivity index (χ2v) is 7.86. The minimum Gasteiger partial charge on any atom is -0.311 e. The van der Waals surface area contributed by atoms with Crippen molar-refractivity contribution < 1.29 is 0 Å². The van der Waals surface area contributed by atoms with Crippen LogP contribution in [0.1, 0.15) is 72.6 Å². The highest BCUT2D eigenvalue weighted by atomic mass is 15.3. The summed E-state index contributed by atoms with van der Waals surface area (Å²) in [5, 5.41) is 3.91. The highest BCUT2D eigenvalue weighted by molar-refractivity contribution is 4.97. The number of nitrogens with zero attached hydrogens (tertiary/aromatic N) is 1. The van der Waals surface area contributed by atoms with Gasteiger partial charge in [-0.3, -0.25) is 4.90 Å². The van der Waals surface area contributed by atoms with E-state index in [1.807, 2.05) is 0 Å². The van der Waals surface area contributed by atoms with E-state index in [1.54, 1.807) is 0 Å². The molecule has 1 aliphatic heterocycles. The highest BCUT2D eigenvalue weighted by Gasteiger charge is 2.38. The molecule has 2 nitrogen and oxygen atoms in total. The first-order valence-corrected chi connectivity index (χ1v) is 9.03. The number of piperazine rings is 1. The van der Waals surface area contributed by atoms with E-state index in [-0.39, 0.29) is 0 Å². The van der Waals surface area contributed by atoms with Crippen LogP contribution in [0.2, 0.25) is 0 Å². The van der Waals surface area contributed by atoms with Crippen LogP contribution in [0.3, 0.4) is 0 Å². The first-order chi connectivity index (χ1) is 9.55. The molecule has 2 rings (SSSR count). The number of hydrogen-bond donors (Lipinski definition) is 1. The van der Waals surface area contributed by atoms with E-state index in [2.05, 4.69) is 37.9 Å². The third-order valence-electron chi connectivity index (χ3n) is 5.88. The maximum Gasteiger partial charge on any atom is 0.0303 e. The molecule has 2 unspecified atom stereocenters. The van der Waals surface area contributed by atoms with Crippen LogP contribution in [0, 0.1) is 11.8 Å². The molecule has 0 radical (unpaired) electrons. The molecule has 2 heteroatoms. The minimum absolute atomic E-state index is 0.375. The van der Waals surface area contributed by atoms with Gasteiger partial charge in [-0.05, 0) is 51.0 Å². The maximum absolute atomic E-state index is 3.91. The maximum atomic E-state index is 3.91. The molecule has 118 valence electrons. The van der Waals surface area contributed by atoms with Crippen LogP contribution in [0.4, 0.5) is 0 Å². The molecule has 0 aromatic rings. The lowest BCUT2D eigenvalue weighted by molar-refractivity contribution is 0.0263.